The van der Waals surface area contributed by atoms with Gasteiger partial charge in [0.1, 0.15) is 10.6 Å². The second-order valence-corrected chi connectivity index (χ2v) is 7.93. The molecule has 0 unspecified atom stereocenters. The van der Waals surface area contributed by atoms with E-state index < -0.39 is 9.84 Å². The van der Waals surface area contributed by atoms with Gasteiger partial charge in [0.2, 0.25) is 0 Å². The molecular weight excluding hydrogens is 346 g/mol. The van der Waals surface area contributed by atoms with Gasteiger partial charge in [0.05, 0.1) is 5.69 Å². The van der Waals surface area contributed by atoms with E-state index in [-0.39, 0.29) is 10.6 Å². The van der Waals surface area contributed by atoms with E-state index in [4.69, 9.17) is 4.74 Å². The van der Waals surface area contributed by atoms with E-state index >= 15 is 0 Å². The van der Waals surface area contributed by atoms with Gasteiger partial charge in [0.25, 0.3) is 0 Å². The first-order valence-electron chi connectivity index (χ1n) is 7.04. The average molecular weight is 361 g/mol. The van der Waals surface area contributed by atoms with Crippen LogP contribution in [0.15, 0.2) is 52.9 Å². The van der Waals surface area contributed by atoms with Gasteiger partial charge in [-0.2, -0.15) is 0 Å². The standard InChI is InChI=1S/C16H15N3O3S2/c1-11-10-23-16(18-11)19-15-13(7-5-9-17-15)22-12-6-3-4-8-14(12)24(2,20)21/h3-10H,1-2H3,(H,17,18,19). The number of ether oxygens (including phenoxy) is 1. The van der Waals surface area contributed by atoms with Crippen molar-refractivity contribution in [2.24, 2.45) is 0 Å². The van der Waals surface area contributed by atoms with Crippen LogP contribution in [0, 0.1) is 6.92 Å². The number of nitrogens with one attached hydrogen (secondary N) is 1. The molecule has 0 atom stereocenters. The lowest BCUT2D eigenvalue weighted by Gasteiger charge is -2.12. The fourth-order valence-corrected chi connectivity index (χ4v) is 3.53. The SMILES string of the molecule is Cc1csc(Nc2ncccc2Oc2ccccc2S(C)(=O)=O)n1. The highest BCUT2D eigenvalue weighted by Crippen LogP contribution is 2.33. The molecule has 1 N–H and O–H groups in total. The van der Waals surface area contributed by atoms with Crippen molar-refractivity contribution in [1.29, 1.82) is 0 Å². The molecular formula is C16H15N3O3S2. The number of para-hydroxylation sites is 1. The molecule has 0 fully saturated rings. The van der Waals surface area contributed by atoms with E-state index in [0.29, 0.717) is 16.7 Å². The summed E-state index contributed by atoms with van der Waals surface area (Å²) >= 11 is 1.45. The lowest BCUT2D eigenvalue weighted by Crippen LogP contribution is -2.02. The normalized spacial score (nSPS) is 11.2. The quantitative estimate of drug-likeness (QED) is 0.745. The van der Waals surface area contributed by atoms with Gasteiger partial charge in [-0.05, 0) is 31.2 Å². The van der Waals surface area contributed by atoms with Crippen molar-refractivity contribution in [3.63, 3.8) is 0 Å². The minimum atomic E-state index is -3.40. The predicted octanol–water partition coefficient (Wildman–Crippen LogP) is 3.79. The summed E-state index contributed by atoms with van der Waals surface area (Å²) in [5, 5.41) is 5.70. The average Bonchev–Trinajstić information content (AvgIpc) is 2.94. The number of nitrogens with zero attached hydrogens (tertiary/aromatic N) is 2. The molecule has 0 aliphatic carbocycles. The van der Waals surface area contributed by atoms with Gasteiger partial charge in [-0.15, -0.1) is 11.3 Å². The molecule has 0 saturated heterocycles. The van der Waals surface area contributed by atoms with Crippen molar-refractivity contribution in [2.45, 2.75) is 11.8 Å². The zero-order valence-electron chi connectivity index (χ0n) is 13.1. The van der Waals surface area contributed by atoms with Crippen LogP contribution in [0.5, 0.6) is 11.5 Å². The summed E-state index contributed by atoms with van der Waals surface area (Å²) in [6.07, 6.45) is 2.77. The molecule has 0 amide bonds. The van der Waals surface area contributed by atoms with E-state index in [0.717, 1.165) is 11.9 Å². The van der Waals surface area contributed by atoms with Crippen molar-refractivity contribution in [3.05, 3.63) is 53.7 Å². The molecule has 2 heterocycles. The lowest BCUT2D eigenvalue weighted by atomic mass is 10.3. The third kappa shape index (κ3) is 3.72. The van der Waals surface area contributed by atoms with Crippen LogP contribution < -0.4 is 10.1 Å². The minimum absolute atomic E-state index is 0.130. The summed E-state index contributed by atoms with van der Waals surface area (Å²) in [5.41, 5.74) is 0.906. The third-order valence-electron chi connectivity index (χ3n) is 3.08. The van der Waals surface area contributed by atoms with E-state index in [2.05, 4.69) is 15.3 Å². The molecule has 0 bridgehead atoms. The number of benzene rings is 1. The number of anilines is 2. The monoisotopic (exact) mass is 361 g/mol. The second-order valence-electron chi connectivity index (χ2n) is 5.09. The maximum absolute atomic E-state index is 11.9. The van der Waals surface area contributed by atoms with Gasteiger partial charge in [-0.3, -0.25) is 0 Å². The number of rotatable bonds is 5. The van der Waals surface area contributed by atoms with Gasteiger partial charge in [-0.1, -0.05) is 12.1 Å². The zero-order chi connectivity index (χ0) is 17.2. The van der Waals surface area contributed by atoms with Crippen LogP contribution in [0.2, 0.25) is 0 Å². The lowest BCUT2D eigenvalue weighted by molar-refractivity contribution is 0.468. The number of sulfone groups is 1. The Balaban J connectivity index is 1.95. The van der Waals surface area contributed by atoms with Crippen LogP contribution in [-0.2, 0) is 9.84 Å². The Morgan fingerprint density at radius 1 is 1.12 bits per heavy atom. The second kappa shape index (κ2) is 6.58. The number of aryl methyl sites for hydroxylation is 1. The zero-order valence-corrected chi connectivity index (χ0v) is 14.7. The summed E-state index contributed by atoms with van der Waals surface area (Å²) in [7, 11) is -3.40. The van der Waals surface area contributed by atoms with E-state index in [1.54, 1.807) is 36.5 Å². The largest absolute Gasteiger partial charge is 0.452 e. The summed E-state index contributed by atoms with van der Waals surface area (Å²) in [5.74, 6) is 1.14. The molecule has 2 aromatic heterocycles. The molecule has 24 heavy (non-hydrogen) atoms. The molecule has 0 saturated carbocycles. The summed E-state index contributed by atoms with van der Waals surface area (Å²) in [4.78, 5) is 8.71. The highest BCUT2D eigenvalue weighted by molar-refractivity contribution is 7.90. The van der Waals surface area contributed by atoms with Crippen molar-refractivity contribution >= 4 is 32.1 Å². The topological polar surface area (TPSA) is 81.2 Å². The van der Waals surface area contributed by atoms with E-state index in [9.17, 15) is 8.42 Å². The van der Waals surface area contributed by atoms with Crippen LogP contribution in [0.25, 0.3) is 0 Å². The number of hydrogen-bond acceptors (Lipinski definition) is 7. The van der Waals surface area contributed by atoms with Gasteiger partial charge >= 0.3 is 0 Å². The van der Waals surface area contributed by atoms with Gasteiger partial charge in [0, 0.05) is 17.8 Å². The van der Waals surface area contributed by atoms with Crippen LogP contribution in [-0.4, -0.2) is 24.6 Å². The fraction of sp³-hybridized carbons (Fsp3) is 0.125. The summed E-state index contributed by atoms with van der Waals surface area (Å²) in [6, 6.07) is 9.94. The Labute approximate surface area is 144 Å². The number of aromatic nitrogens is 2. The molecule has 8 heteroatoms. The molecule has 0 radical (unpaired) electrons. The smallest absolute Gasteiger partial charge is 0.188 e. The molecule has 0 aliphatic rings. The summed E-state index contributed by atoms with van der Waals surface area (Å²) in [6.45, 7) is 1.90. The van der Waals surface area contributed by atoms with Gasteiger partial charge in [-0.25, -0.2) is 18.4 Å². The first-order chi connectivity index (χ1) is 11.4. The Morgan fingerprint density at radius 2 is 1.88 bits per heavy atom. The van der Waals surface area contributed by atoms with Crippen molar-refractivity contribution in [2.75, 3.05) is 11.6 Å². The highest BCUT2D eigenvalue weighted by atomic mass is 32.2. The molecule has 124 valence electrons. The number of hydrogen-bond donors (Lipinski definition) is 1. The maximum atomic E-state index is 11.9. The number of thiazole rings is 1. The molecule has 6 nitrogen and oxygen atoms in total. The molecule has 3 aromatic rings. The maximum Gasteiger partial charge on any atom is 0.188 e. The molecule has 0 aliphatic heterocycles. The van der Waals surface area contributed by atoms with Crippen LogP contribution in [0.1, 0.15) is 5.69 Å². The first kappa shape index (κ1) is 16.4. The molecule has 1 aromatic carbocycles. The molecule has 3 rings (SSSR count). The minimum Gasteiger partial charge on any atom is -0.452 e. The van der Waals surface area contributed by atoms with Gasteiger partial charge < -0.3 is 10.1 Å². The van der Waals surface area contributed by atoms with Crippen molar-refractivity contribution in [1.82, 2.24) is 9.97 Å². The Bertz CT molecular complexity index is 968. The Hall–Kier alpha value is -2.45. The van der Waals surface area contributed by atoms with Crippen LogP contribution in [0.4, 0.5) is 10.9 Å². The van der Waals surface area contributed by atoms with E-state index in [1.807, 2.05) is 12.3 Å². The fourth-order valence-electron chi connectivity index (χ4n) is 2.04. The molecule has 0 spiro atoms. The predicted molar refractivity (Wildman–Crippen MR) is 94.0 cm³/mol. The Kier molecular flexibility index (Phi) is 4.50. The Morgan fingerprint density at radius 3 is 2.58 bits per heavy atom. The van der Waals surface area contributed by atoms with Crippen molar-refractivity contribution in [3.8, 4) is 11.5 Å². The third-order valence-corrected chi connectivity index (χ3v) is 5.10. The van der Waals surface area contributed by atoms with Gasteiger partial charge in [0.15, 0.2) is 26.5 Å². The van der Waals surface area contributed by atoms with E-state index in [1.165, 1.54) is 17.4 Å². The van der Waals surface area contributed by atoms with Crippen molar-refractivity contribution < 1.29 is 13.2 Å². The summed E-state index contributed by atoms with van der Waals surface area (Å²) < 4.78 is 29.6. The first-order valence-corrected chi connectivity index (χ1v) is 9.82. The van der Waals surface area contributed by atoms with Crippen LogP contribution >= 0.6 is 11.3 Å². The number of pyridine rings is 1. The van der Waals surface area contributed by atoms with Crippen LogP contribution in [0.3, 0.4) is 0 Å². The highest BCUT2D eigenvalue weighted by Gasteiger charge is 2.16.